The Labute approximate surface area is 74.8 Å². The minimum Gasteiger partial charge on any atom is -0.392 e. The maximum absolute atomic E-state index is 9.53. The quantitative estimate of drug-likeness (QED) is 0.570. The molecule has 3 N–H and O–H groups in total. The zero-order valence-corrected chi connectivity index (χ0v) is 8.46. The van der Waals surface area contributed by atoms with Gasteiger partial charge >= 0.3 is 0 Å². The van der Waals surface area contributed by atoms with Crippen LogP contribution >= 0.6 is 0 Å². The minimum atomic E-state index is -0.729. The molecule has 2 unspecified atom stereocenters. The molecule has 2 atom stereocenters. The molecule has 0 spiro atoms. The van der Waals surface area contributed by atoms with Gasteiger partial charge < -0.3 is 15.5 Å². The van der Waals surface area contributed by atoms with Crippen molar-refractivity contribution in [3.8, 4) is 0 Å². The second-order valence-corrected chi connectivity index (χ2v) is 3.85. The van der Waals surface area contributed by atoms with Gasteiger partial charge in [0.15, 0.2) is 0 Å². The Morgan fingerprint density at radius 2 is 1.92 bits per heavy atom. The van der Waals surface area contributed by atoms with E-state index in [-0.39, 0.29) is 12.1 Å². The molecule has 0 aromatic rings. The van der Waals surface area contributed by atoms with Crippen LogP contribution in [0.5, 0.6) is 0 Å². The fraction of sp³-hybridized carbons (Fsp3) is 1.00. The third-order valence-corrected chi connectivity index (χ3v) is 2.19. The normalized spacial score (nSPS) is 17.5. The first-order valence-electron chi connectivity index (χ1n) is 4.51. The van der Waals surface area contributed by atoms with Gasteiger partial charge in [0, 0.05) is 12.6 Å². The molecule has 0 saturated heterocycles. The minimum absolute atomic E-state index is 0.00120. The fourth-order valence-electron chi connectivity index (χ4n) is 0.707. The highest BCUT2D eigenvalue weighted by molar-refractivity contribution is 4.80. The zero-order valence-electron chi connectivity index (χ0n) is 8.46. The monoisotopic (exact) mass is 175 g/mol. The molecular formula is C9H21NO2. The van der Waals surface area contributed by atoms with Crippen molar-refractivity contribution in [3.05, 3.63) is 0 Å². The van der Waals surface area contributed by atoms with Crippen molar-refractivity contribution in [3.63, 3.8) is 0 Å². The van der Waals surface area contributed by atoms with Crippen molar-refractivity contribution in [1.82, 2.24) is 5.32 Å². The van der Waals surface area contributed by atoms with Gasteiger partial charge in [-0.2, -0.15) is 0 Å². The molecule has 0 bridgehead atoms. The summed E-state index contributed by atoms with van der Waals surface area (Å²) in [6.45, 7) is 7.89. The van der Waals surface area contributed by atoms with E-state index < -0.39 is 5.60 Å². The Hall–Kier alpha value is -0.120. The molecule has 0 aliphatic heterocycles. The van der Waals surface area contributed by atoms with Crippen LogP contribution in [0, 0.1) is 0 Å². The van der Waals surface area contributed by atoms with Crippen LogP contribution in [0.25, 0.3) is 0 Å². The van der Waals surface area contributed by atoms with Crippen molar-refractivity contribution < 1.29 is 10.2 Å². The van der Waals surface area contributed by atoms with Gasteiger partial charge in [-0.05, 0) is 27.2 Å². The molecule has 0 heterocycles. The predicted octanol–water partition coefficient (Wildman–Crippen LogP) is 0.506. The lowest BCUT2D eigenvalue weighted by atomic mass is 10.0. The Balaban J connectivity index is 3.64. The van der Waals surface area contributed by atoms with E-state index in [1.807, 2.05) is 13.8 Å². The van der Waals surface area contributed by atoms with E-state index in [1.54, 1.807) is 13.8 Å². The van der Waals surface area contributed by atoms with Crippen LogP contribution in [0.1, 0.15) is 34.1 Å². The highest BCUT2D eigenvalue weighted by Crippen LogP contribution is 2.07. The maximum Gasteiger partial charge on any atom is 0.0741 e. The van der Waals surface area contributed by atoms with Crippen LogP contribution in [0.3, 0.4) is 0 Å². The first-order chi connectivity index (χ1) is 5.38. The molecule has 0 aromatic carbocycles. The van der Waals surface area contributed by atoms with Crippen molar-refractivity contribution >= 4 is 0 Å². The van der Waals surface area contributed by atoms with Gasteiger partial charge in [0.1, 0.15) is 0 Å². The second-order valence-electron chi connectivity index (χ2n) is 3.85. The van der Waals surface area contributed by atoms with Gasteiger partial charge in [0.2, 0.25) is 0 Å². The maximum atomic E-state index is 9.53. The molecule has 0 aliphatic rings. The summed E-state index contributed by atoms with van der Waals surface area (Å²) in [4.78, 5) is 0. The Bertz CT molecular complexity index is 120. The largest absolute Gasteiger partial charge is 0.392 e. The predicted molar refractivity (Wildman–Crippen MR) is 50.1 cm³/mol. The fourth-order valence-corrected chi connectivity index (χ4v) is 0.707. The summed E-state index contributed by atoms with van der Waals surface area (Å²) in [5.74, 6) is 0. The van der Waals surface area contributed by atoms with Gasteiger partial charge in [0.05, 0.1) is 11.7 Å². The molecule has 0 amide bonds. The number of hydrogen-bond donors (Lipinski definition) is 3. The van der Waals surface area contributed by atoms with E-state index >= 15 is 0 Å². The summed E-state index contributed by atoms with van der Waals surface area (Å²) >= 11 is 0. The van der Waals surface area contributed by atoms with E-state index in [9.17, 15) is 10.2 Å². The van der Waals surface area contributed by atoms with Crippen molar-refractivity contribution in [2.45, 2.75) is 51.9 Å². The average molecular weight is 175 g/mol. The van der Waals surface area contributed by atoms with Crippen LogP contribution in [0.15, 0.2) is 0 Å². The van der Waals surface area contributed by atoms with Crippen LogP contribution in [-0.2, 0) is 0 Å². The van der Waals surface area contributed by atoms with Crippen LogP contribution < -0.4 is 5.32 Å². The Morgan fingerprint density at radius 3 is 2.25 bits per heavy atom. The van der Waals surface area contributed by atoms with E-state index in [2.05, 4.69) is 5.32 Å². The summed E-state index contributed by atoms with van der Waals surface area (Å²) in [6.07, 6.45) is 0.431. The topological polar surface area (TPSA) is 52.5 Å². The van der Waals surface area contributed by atoms with E-state index in [1.165, 1.54) is 0 Å². The lowest BCUT2D eigenvalue weighted by Crippen LogP contribution is -2.46. The second kappa shape index (κ2) is 4.80. The summed E-state index contributed by atoms with van der Waals surface area (Å²) in [6, 6.07) is -0.00120. The zero-order chi connectivity index (χ0) is 9.78. The van der Waals surface area contributed by atoms with E-state index in [4.69, 9.17) is 0 Å². The smallest absolute Gasteiger partial charge is 0.0741 e. The summed E-state index contributed by atoms with van der Waals surface area (Å²) in [7, 11) is 0. The number of hydrogen-bond acceptors (Lipinski definition) is 3. The highest BCUT2D eigenvalue weighted by atomic mass is 16.3. The number of rotatable bonds is 5. The number of aliphatic hydroxyl groups is 2. The summed E-state index contributed by atoms with van der Waals surface area (Å²) in [5, 5.41) is 21.8. The highest BCUT2D eigenvalue weighted by Gasteiger charge is 2.21. The lowest BCUT2D eigenvalue weighted by Gasteiger charge is -2.27. The Morgan fingerprint density at radius 1 is 1.42 bits per heavy atom. The molecule has 12 heavy (non-hydrogen) atoms. The number of nitrogens with one attached hydrogen (secondary N) is 1. The molecular weight excluding hydrogens is 154 g/mol. The SMILES string of the molecule is CCC(O)CNC(C)C(C)(C)O. The summed E-state index contributed by atoms with van der Waals surface area (Å²) < 4.78 is 0. The molecule has 0 saturated carbocycles. The molecule has 0 aromatic heterocycles. The molecule has 74 valence electrons. The molecule has 0 aliphatic carbocycles. The number of aliphatic hydroxyl groups excluding tert-OH is 1. The molecule has 3 nitrogen and oxygen atoms in total. The molecule has 0 rings (SSSR count). The standard InChI is InChI=1S/C9H21NO2/c1-5-8(11)6-10-7(2)9(3,4)12/h7-8,10-12H,5-6H2,1-4H3. The van der Waals surface area contributed by atoms with Crippen LogP contribution in [0.2, 0.25) is 0 Å². The lowest BCUT2D eigenvalue weighted by molar-refractivity contribution is 0.0384. The molecule has 0 radical (unpaired) electrons. The van der Waals surface area contributed by atoms with Gasteiger partial charge in [-0.25, -0.2) is 0 Å². The molecule has 0 fully saturated rings. The Kier molecular flexibility index (Phi) is 4.75. The van der Waals surface area contributed by atoms with Crippen LogP contribution in [0.4, 0.5) is 0 Å². The first kappa shape index (κ1) is 11.9. The average Bonchev–Trinajstić information content (AvgIpc) is 1.97. The van der Waals surface area contributed by atoms with Crippen molar-refractivity contribution in [2.24, 2.45) is 0 Å². The van der Waals surface area contributed by atoms with Gasteiger partial charge in [0.25, 0.3) is 0 Å². The van der Waals surface area contributed by atoms with Crippen LogP contribution in [-0.4, -0.2) is 34.5 Å². The van der Waals surface area contributed by atoms with Gasteiger partial charge in [-0.3, -0.25) is 0 Å². The first-order valence-corrected chi connectivity index (χ1v) is 4.51. The van der Waals surface area contributed by atoms with E-state index in [0.717, 1.165) is 6.42 Å². The van der Waals surface area contributed by atoms with Crippen molar-refractivity contribution in [1.29, 1.82) is 0 Å². The molecule has 3 heteroatoms. The van der Waals surface area contributed by atoms with Gasteiger partial charge in [-0.15, -0.1) is 0 Å². The van der Waals surface area contributed by atoms with E-state index in [0.29, 0.717) is 6.54 Å². The van der Waals surface area contributed by atoms with Gasteiger partial charge in [-0.1, -0.05) is 6.92 Å². The summed E-state index contributed by atoms with van der Waals surface area (Å²) in [5.41, 5.74) is -0.729. The third kappa shape index (κ3) is 4.70. The van der Waals surface area contributed by atoms with Crippen molar-refractivity contribution in [2.75, 3.05) is 6.54 Å². The third-order valence-electron chi connectivity index (χ3n) is 2.19.